The van der Waals surface area contributed by atoms with Gasteiger partial charge in [0.15, 0.2) is 0 Å². The minimum absolute atomic E-state index is 0.166. The van der Waals surface area contributed by atoms with Gasteiger partial charge < -0.3 is 34.7 Å². The Labute approximate surface area is 418 Å². The molecule has 2 heterocycles. The highest BCUT2D eigenvalue weighted by Gasteiger charge is 2.18. The van der Waals surface area contributed by atoms with E-state index in [1.165, 1.54) is 24.2 Å². The van der Waals surface area contributed by atoms with Gasteiger partial charge in [0.05, 0.1) is 21.2 Å². The summed E-state index contributed by atoms with van der Waals surface area (Å²) in [6.45, 7) is 9.67. The molecule has 0 radical (unpaired) electrons. The molecule has 2 aromatic heterocycles. The van der Waals surface area contributed by atoms with Crippen LogP contribution in [0, 0.1) is 36.5 Å². The first-order valence-corrected chi connectivity index (χ1v) is 24.7. The van der Waals surface area contributed by atoms with Crippen LogP contribution in [-0.4, -0.2) is 45.6 Å². The van der Waals surface area contributed by atoms with E-state index in [0.29, 0.717) is 76.6 Å². The molecule has 0 fully saturated rings. The number of carboxylic acids is 1. The molecule has 0 bridgehead atoms. The van der Waals surface area contributed by atoms with Crippen molar-refractivity contribution >= 4 is 40.9 Å². The molecule has 6 aromatic rings. The predicted octanol–water partition coefficient (Wildman–Crippen LogP) is 11.7. The van der Waals surface area contributed by atoms with Gasteiger partial charge in [0, 0.05) is 72.3 Å². The summed E-state index contributed by atoms with van der Waals surface area (Å²) in [5, 5.41) is 35.5. The summed E-state index contributed by atoms with van der Waals surface area (Å²) in [4.78, 5) is 19.8. The van der Waals surface area contributed by atoms with Crippen molar-refractivity contribution in [3.8, 4) is 46.3 Å². The van der Waals surface area contributed by atoms with Crippen LogP contribution < -0.4 is 29.6 Å². The van der Waals surface area contributed by atoms with Gasteiger partial charge in [-0.25, -0.2) is 0 Å². The third-order valence-corrected chi connectivity index (χ3v) is 13.1. The van der Waals surface area contributed by atoms with E-state index >= 15 is 0 Å². The number of ether oxygens (including phenoxy) is 4. The molecule has 6 rings (SSSR count). The van der Waals surface area contributed by atoms with Gasteiger partial charge in [0.25, 0.3) is 0 Å². The number of nitrogens with zero attached hydrogens (tertiary/aromatic N) is 4. The molecule has 0 amide bonds. The minimum Gasteiger partial charge on any atom is -0.488 e. The molecule has 358 valence electrons. The average Bonchev–Trinajstić information content (AvgIpc) is 3.35. The number of nitriles is 2. The summed E-state index contributed by atoms with van der Waals surface area (Å²) >= 11 is 15.1. The highest BCUT2D eigenvalue weighted by molar-refractivity contribution is 7.99. The Morgan fingerprint density at radius 1 is 0.667 bits per heavy atom. The van der Waals surface area contributed by atoms with Gasteiger partial charge in [0.2, 0.25) is 0 Å². The zero-order valence-electron chi connectivity index (χ0n) is 39.2. The van der Waals surface area contributed by atoms with E-state index in [9.17, 15) is 20.4 Å². The van der Waals surface area contributed by atoms with Crippen LogP contribution in [-0.2, 0) is 44.3 Å². The second-order valence-electron chi connectivity index (χ2n) is 16.4. The van der Waals surface area contributed by atoms with Crippen LogP contribution in [0.2, 0.25) is 10.0 Å². The van der Waals surface area contributed by atoms with E-state index in [-0.39, 0.29) is 26.4 Å². The molecule has 0 aliphatic heterocycles. The van der Waals surface area contributed by atoms with E-state index < -0.39 is 11.2 Å². The maximum absolute atomic E-state index is 11.5. The number of halogens is 2. The van der Waals surface area contributed by atoms with Gasteiger partial charge in [0.1, 0.15) is 66.8 Å². The van der Waals surface area contributed by atoms with E-state index in [1.54, 1.807) is 36.8 Å². The summed E-state index contributed by atoms with van der Waals surface area (Å²) in [5.41, 5.74) is 10.3. The highest BCUT2D eigenvalue weighted by atomic mass is 35.5. The Bertz CT molecular complexity index is 2800. The molecule has 15 heteroatoms. The maximum Gasteiger partial charge on any atom is 0.316 e. The molecule has 4 aromatic carbocycles. The minimum atomic E-state index is -0.809. The van der Waals surface area contributed by atoms with Crippen molar-refractivity contribution in [2.45, 2.75) is 91.2 Å². The van der Waals surface area contributed by atoms with Gasteiger partial charge >= 0.3 is 5.97 Å². The second kappa shape index (κ2) is 26.4. The first kappa shape index (κ1) is 52.1. The normalized spacial score (nSPS) is 11.4. The number of pyridine rings is 2. The molecular weight excluding hydrogens is 932 g/mol. The summed E-state index contributed by atoms with van der Waals surface area (Å²) in [5.74, 6) is 1.31. The van der Waals surface area contributed by atoms with Crippen molar-refractivity contribution in [1.29, 1.82) is 10.5 Å². The molecule has 69 heavy (non-hydrogen) atoms. The molecule has 0 saturated carbocycles. The van der Waals surface area contributed by atoms with Crippen molar-refractivity contribution < 1.29 is 28.8 Å². The number of carboxylic acid groups (broad SMARTS) is 1. The number of rotatable bonds is 26. The quantitative estimate of drug-likeness (QED) is 0.0439. The molecule has 0 saturated heterocycles. The molecule has 0 aliphatic carbocycles. The molecule has 0 spiro atoms. The van der Waals surface area contributed by atoms with Gasteiger partial charge in [-0.05, 0) is 110 Å². The van der Waals surface area contributed by atoms with Gasteiger partial charge in [-0.1, -0.05) is 72.9 Å². The number of carbonyl (C=O) groups is 1. The van der Waals surface area contributed by atoms with Crippen LogP contribution in [0.5, 0.6) is 23.0 Å². The molecule has 0 aliphatic rings. The second-order valence-corrected chi connectivity index (χ2v) is 18.3. The fourth-order valence-corrected chi connectivity index (χ4v) is 8.66. The molecular formula is C54H56Cl2N6O6S. The molecule has 3 N–H and O–H groups in total. The van der Waals surface area contributed by atoms with Crippen LogP contribution in [0.4, 0.5) is 0 Å². The highest BCUT2D eigenvalue weighted by Crippen LogP contribution is 2.37. The van der Waals surface area contributed by atoms with Crippen molar-refractivity contribution in [2.24, 2.45) is 0 Å². The predicted molar refractivity (Wildman–Crippen MR) is 272 cm³/mol. The Kier molecular flexibility index (Phi) is 19.9. The van der Waals surface area contributed by atoms with Crippen LogP contribution in [0.1, 0.15) is 88.2 Å². The fraction of sp³-hybridized carbons (Fsp3) is 0.315. The topological polar surface area (TPSA) is 172 Å². The Morgan fingerprint density at radius 2 is 1.13 bits per heavy atom. The lowest BCUT2D eigenvalue weighted by atomic mass is 9.92. The van der Waals surface area contributed by atoms with Gasteiger partial charge in [-0.15, -0.1) is 0 Å². The van der Waals surface area contributed by atoms with Gasteiger partial charge in [-0.2, -0.15) is 22.3 Å². The number of hydrogen-bond acceptors (Lipinski definition) is 12. The maximum atomic E-state index is 11.5. The Balaban J connectivity index is 1.17. The van der Waals surface area contributed by atoms with Crippen LogP contribution in [0.15, 0.2) is 97.6 Å². The average molecular weight is 988 g/mol. The summed E-state index contributed by atoms with van der Waals surface area (Å²) in [6, 6.07) is 27.4. The largest absolute Gasteiger partial charge is 0.488 e. The number of hydrogen-bond donors (Lipinski definition) is 3. The zero-order chi connectivity index (χ0) is 49.1. The third kappa shape index (κ3) is 14.8. The summed E-state index contributed by atoms with van der Waals surface area (Å²) < 4.78 is 25.5. The monoisotopic (exact) mass is 986 g/mol. The van der Waals surface area contributed by atoms with Crippen molar-refractivity contribution in [3.05, 3.63) is 163 Å². The smallest absolute Gasteiger partial charge is 0.316 e. The Morgan fingerprint density at radius 3 is 1.57 bits per heavy atom. The van der Waals surface area contributed by atoms with Crippen molar-refractivity contribution in [2.75, 3.05) is 19.3 Å². The first-order chi connectivity index (χ1) is 33.5. The third-order valence-electron chi connectivity index (χ3n) is 11.5. The number of aliphatic carboxylic acids is 1. The lowest BCUT2D eigenvalue weighted by Crippen LogP contribution is -2.20. The van der Waals surface area contributed by atoms with Crippen molar-refractivity contribution in [1.82, 2.24) is 20.6 Å². The number of unbranched alkanes of at least 4 members (excludes halogenated alkanes) is 1. The number of aromatic nitrogens is 2. The first-order valence-electron chi connectivity index (χ1n) is 22.7. The summed E-state index contributed by atoms with van der Waals surface area (Å²) in [6.07, 6.45) is 11.5. The number of nitrogens with one attached hydrogen (secondary N) is 2. The van der Waals surface area contributed by atoms with Crippen LogP contribution in [0.3, 0.4) is 0 Å². The van der Waals surface area contributed by atoms with Crippen LogP contribution >= 0.6 is 35.0 Å². The van der Waals surface area contributed by atoms with Gasteiger partial charge in [-0.3, -0.25) is 14.8 Å². The molecule has 1 unspecified atom stereocenters. The summed E-state index contributed by atoms with van der Waals surface area (Å²) in [7, 11) is 0. The lowest BCUT2D eigenvalue weighted by Gasteiger charge is -2.19. The van der Waals surface area contributed by atoms with E-state index in [1.807, 2.05) is 42.5 Å². The van der Waals surface area contributed by atoms with Crippen LogP contribution in [0.25, 0.3) is 11.1 Å². The zero-order valence-corrected chi connectivity index (χ0v) is 41.6. The van der Waals surface area contributed by atoms with E-state index in [2.05, 4.69) is 65.6 Å². The van der Waals surface area contributed by atoms with E-state index in [0.717, 1.165) is 75.0 Å². The fourth-order valence-electron chi connectivity index (χ4n) is 7.57. The molecule has 12 nitrogen and oxygen atoms in total. The molecule has 1 atom stereocenters. The lowest BCUT2D eigenvalue weighted by molar-refractivity contribution is -0.136. The SMILES string of the molecule is CCCCNCc1cc(Cl)c(OCc2cccc(-c3cccc(COc4cc(OCc5cncc(C#N)c5)c(CNCCCC(SC)C(=O)O)cc4Cl)c3C)c2C)cc1OCc1cncc(C#N)c1. The van der Waals surface area contributed by atoms with Crippen molar-refractivity contribution in [3.63, 3.8) is 0 Å². The Hall–Kier alpha value is -6.32. The standard InChI is InChI=1S/C54H56Cl2N6O6S/c1-5-6-15-59-29-43-19-47(55)51(21-49(43)65-31-39-17-37(23-57)25-61-27-39)67-33-41-10-7-12-45(35(41)2)46-13-8-11-42(36(46)3)34-68-52-22-50(66-32-40-18-38(24-58)26-62-28-40)44(20-48(52)56)30-60-16-9-14-53(69-4)54(63)64/h7-8,10-13,17-22,25-28,53,59-60H,5-6,9,14-16,29-34H2,1-4H3,(H,63,64). The number of thioether (sulfide) groups is 1. The van der Waals surface area contributed by atoms with E-state index in [4.69, 9.17) is 42.1 Å². The number of benzene rings is 4.